The van der Waals surface area contributed by atoms with Crippen molar-refractivity contribution in [2.75, 3.05) is 5.32 Å². The summed E-state index contributed by atoms with van der Waals surface area (Å²) in [5, 5.41) is 2.41. The van der Waals surface area contributed by atoms with Gasteiger partial charge in [-0.25, -0.2) is 0 Å². The zero-order valence-electron chi connectivity index (χ0n) is 13.4. The molecule has 1 unspecified atom stereocenters. The third kappa shape index (κ3) is 4.66. The Morgan fingerprint density at radius 1 is 1.19 bits per heavy atom. The van der Waals surface area contributed by atoms with Gasteiger partial charge in [0.05, 0.1) is 16.8 Å². The van der Waals surface area contributed by atoms with E-state index in [4.69, 9.17) is 22.1 Å². The Morgan fingerprint density at radius 3 is 2.46 bits per heavy atom. The van der Waals surface area contributed by atoms with Crippen molar-refractivity contribution >= 4 is 29.1 Å². The second-order valence-electron chi connectivity index (χ2n) is 5.30. The first-order valence-corrected chi connectivity index (χ1v) is 7.70. The number of benzene rings is 2. The van der Waals surface area contributed by atoms with Crippen LogP contribution in [0.4, 0.5) is 18.9 Å². The third-order valence-corrected chi connectivity index (χ3v) is 3.61. The highest BCUT2D eigenvalue weighted by Gasteiger charge is 2.34. The molecule has 9 heteroatoms. The van der Waals surface area contributed by atoms with E-state index in [-0.39, 0.29) is 16.3 Å². The molecule has 3 N–H and O–H groups in total. The number of ether oxygens (including phenoxy) is 1. The molecule has 2 rings (SSSR count). The number of para-hydroxylation sites is 1. The number of anilines is 1. The summed E-state index contributed by atoms with van der Waals surface area (Å²) in [6.45, 7) is 1.32. The fourth-order valence-electron chi connectivity index (χ4n) is 2.12. The van der Waals surface area contributed by atoms with Crippen LogP contribution in [0.15, 0.2) is 42.5 Å². The predicted octanol–water partition coefficient (Wildman–Crippen LogP) is 3.86. The van der Waals surface area contributed by atoms with Crippen LogP contribution in [0.5, 0.6) is 5.75 Å². The van der Waals surface area contributed by atoms with Crippen LogP contribution < -0.4 is 15.8 Å². The van der Waals surface area contributed by atoms with Gasteiger partial charge in [-0.2, -0.15) is 13.2 Å². The summed E-state index contributed by atoms with van der Waals surface area (Å²) in [6, 6.07) is 8.59. The SMILES string of the molecule is CC(Oc1ccc(Cl)cc1C(N)=O)C(=O)Nc1ccccc1C(F)(F)F. The lowest BCUT2D eigenvalue weighted by molar-refractivity contribution is -0.137. The van der Waals surface area contributed by atoms with Gasteiger partial charge in [0.25, 0.3) is 11.8 Å². The van der Waals surface area contributed by atoms with Crippen molar-refractivity contribution in [3.63, 3.8) is 0 Å². The first kappa shape index (κ1) is 19.6. The van der Waals surface area contributed by atoms with Crippen LogP contribution in [-0.4, -0.2) is 17.9 Å². The summed E-state index contributed by atoms with van der Waals surface area (Å²) >= 11 is 5.78. The molecule has 0 radical (unpaired) electrons. The molecule has 0 bridgehead atoms. The van der Waals surface area contributed by atoms with Gasteiger partial charge in [0, 0.05) is 5.02 Å². The van der Waals surface area contributed by atoms with Gasteiger partial charge >= 0.3 is 6.18 Å². The average Bonchev–Trinajstić information content (AvgIpc) is 2.55. The number of amides is 2. The Balaban J connectivity index is 2.19. The maximum absolute atomic E-state index is 13.0. The fourth-order valence-corrected chi connectivity index (χ4v) is 2.29. The van der Waals surface area contributed by atoms with E-state index < -0.39 is 35.3 Å². The lowest BCUT2D eigenvalue weighted by Gasteiger charge is -2.18. The molecule has 2 aromatic rings. The summed E-state index contributed by atoms with van der Waals surface area (Å²) in [5.74, 6) is -1.65. The molecule has 2 aromatic carbocycles. The second kappa shape index (κ2) is 7.65. The smallest absolute Gasteiger partial charge is 0.418 e. The van der Waals surface area contributed by atoms with Crippen LogP contribution in [0, 0.1) is 0 Å². The van der Waals surface area contributed by atoms with Crippen molar-refractivity contribution < 1.29 is 27.5 Å². The normalized spacial score (nSPS) is 12.3. The zero-order valence-corrected chi connectivity index (χ0v) is 14.2. The first-order chi connectivity index (χ1) is 12.1. The molecule has 0 fully saturated rings. The van der Waals surface area contributed by atoms with Crippen molar-refractivity contribution in [3.05, 3.63) is 58.6 Å². The minimum atomic E-state index is -4.62. The number of carbonyl (C=O) groups is 2. The van der Waals surface area contributed by atoms with Crippen LogP contribution in [0.2, 0.25) is 5.02 Å². The van der Waals surface area contributed by atoms with Crippen molar-refractivity contribution in [2.45, 2.75) is 19.2 Å². The fraction of sp³-hybridized carbons (Fsp3) is 0.176. The molecule has 0 aliphatic rings. The highest BCUT2D eigenvalue weighted by molar-refractivity contribution is 6.31. The van der Waals surface area contributed by atoms with E-state index in [9.17, 15) is 22.8 Å². The van der Waals surface area contributed by atoms with Crippen molar-refractivity contribution in [1.29, 1.82) is 0 Å². The number of nitrogens with one attached hydrogen (secondary N) is 1. The minimum absolute atomic E-state index is 0.00587. The van der Waals surface area contributed by atoms with E-state index in [1.165, 1.54) is 37.3 Å². The monoisotopic (exact) mass is 386 g/mol. The van der Waals surface area contributed by atoms with Crippen LogP contribution in [0.25, 0.3) is 0 Å². The summed E-state index contributed by atoms with van der Waals surface area (Å²) in [5.41, 5.74) is 3.80. The Bertz CT molecular complexity index is 840. The summed E-state index contributed by atoms with van der Waals surface area (Å²) < 4.78 is 44.3. The summed E-state index contributed by atoms with van der Waals surface area (Å²) in [7, 11) is 0. The van der Waals surface area contributed by atoms with Crippen LogP contribution >= 0.6 is 11.6 Å². The van der Waals surface area contributed by atoms with E-state index in [0.29, 0.717) is 0 Å². The largest absolute Gasteiger partial charge is 0.480 e. The zero-order chi connectivity index (χ0) is 19.5. The number of hydrogen-bond acceptors (Lipinski definition) is 3. The van der Waals surface area contributed by atoms with Crippen LogP contribution in [0.1, 0.15) is 22.8 Å². The molecule has 0 aliphatic heterocycles. The molecule has 0 aromatic heterocycles. The predicted molar refractivity (Wildman–Crippen MR) is 90.1 cm³/mol. The number of nitrogens with two attached hydrogens (primary N) is 1. The molecule has 26 heavy (non-hydrogen) atoms. The molecule has 0 saturated carbocycles. The number of carbonyl (C=O) groups excluding carboxylic acids is 2. The molecule has 0 aliphatic carbocycles. The van der Waals surface area contributed by atoms with E-state index in [1.54, 1.807) is 0 Å². The average molecular weight is 387 g/mol. The Kier molecular flexibility index (Phi) is 5.76. The van der Waals surface area contributed by atoms with Gasteiger partial charge in [-0.05, 0) is 37.3 Å². The molecular weight excluding hydrogens is 373 g/mol. The van der Waals surface area contributed by atoms with Crippen LogP contribution in [-0.2, 0) is 11.0 Å². The molecule has 1 atom stereocenters. The van der Waals surface area contributed by atoms with Gasteiger partial charge in [0.1, 0.15) is 5.75 Å². The van der Waals surface area contributed by atoms with Gasteiger partial charge in [-0.3, -0.25) is 9.59 Å². The van der Waals surface area contributed by atoms with E-state index in [1.807, 2.05) is 0 Å². The topological polar surface area (TPSA) is 81.4 Å². The lowest BCUT2D eigenvalue weighted by Crippen LogP contribution is -2.31. The third-order valence-electron chi connectivity index (χ3n) is 3.37. The number of primary amides is 1. The molecular formula is C17H14ClF3N2O3. The minimum Gasteiger partial charge on any atom is -0.480 e. The van der Waals surface area contributed by atoms with Gasteiger partial charge in [0.15, 0.2) is 6.10 Å². The number of alkyl halides is 3. The van der Waals surface area contributed by atoms with Crippen molar-refractivity contribution in [2.24, 2.45) is 5.73 Å². The second-order valence-corrected chi connectivity index (χ2v) is 5.73. The Morgan fingerprint density at radius 2 is 1.85 bits per heavy atom. The van der Waals surface area contributed by atoms with E-state index in [2.05, 4.69) is 5.32 Å². The maximum atomic E-state index is 13.0. The summed E-state index contributed by atoms with van der Waals surface area (Å²) in [4.78, 5) is 23.6. The standard InChI is InChI=1S/C17H14ClF3N2O3/c1-9(26-14-7-6-10(18)8-11(14)15(22)24)16(25)23-13-5-3-2-4-12(13)17(19,20)21/h2-9H,1H3,(H2,22,24)(H,23,25). The summed E-state index contributed by atoms with van der Waals surface area (Å²) in [6.07, 6.45) is -5.82. The quantitative estimate of drug-likeness (QED) is 0.818. The molecule has 0 spiro atoms. The van der Waals surface area contributed by atoms with Crippen LogP contribution in [0.3, 0.4) is 0 Å². The molecule has 138 valence electrons. The van der Waals surface area contributed by atoms with Crippen molar-refractivity contribution in [3.8, 4) is 5.75 Å². The Hall–Kier alpha value is -2.74. The molecule has 0 saturated heterocycles. The van der Waals surface area contributed by atoms with E-state index in [0.717, 1.165) is 12.1 Å². The Labute approximate surface area is 151 Å². The molecule has 0 heterocycles. The lowest BCUT2D eigenvalue weighted by atomic mass is 10.1. The molecule has 2 amide bonds. The van der Waals surface area contributed by atoms with Gasteiger partial charge in [-0.15, -0.1) is 0 Å². The van der Waals surface area contributed by atoms with Gasteiger partial charge in [-0.1, -0.05) is 23.7 Å². The number of rotatable bonds is 5. The van der Waals surface area contributed by atoms with Gasteiger partial charge < -0.3 is 15.8 Å². The first-order valence-electron chi connectivity index (χ1n) is 7.32. The highest BCUT2D eigenvalue weighted by atomic mass is 35.5. The maximum Gasteiger partial charge on any atom is 0.418 e. The molecule has 5 nitrogen and oxygen atoms in total. The van der Waals surface area contributed by atoms with Crippen molar-refractivity contribution in [1.82, 2.24) is 0 Å². The number of hydrogen-bond donors (Lipinski definition) is 2. The van der Waals surface area contributed by atoms with E-state index >= 15 is 0 Å². The number of halogens is 4. The van der Waals surface area contributed by atoms with Gasteiger partial charge in [0.2, 0.25) is 0 Å². The highest BCUT2D eigenvalue weighted by Crippen LogP contribution is 2.34.